The Bertz CT molecular complexity index is 1190. The molecule has 2 unspecified atom stereocenters. The number of aromatic nitrogens is 2. The Labute approximate surface area is 203 Å². The fourth-order valence-corrected chi connectivity index (χ4v) is 3.36. The minimum Gasteiger partial charge on any atom is -0.481 e. The lowest BCUT2D eigenvalue weighted by atomic mass is 9.94. The number of nitrogens with one attached hydrogen (secondary N) is 1. The smallest absolute Gasteiger partial charge is 0.305 e. The average molecular weight is 484 g/mol. The van der Waals surface area contributed by atoms with Gasteiger partial charge in [0.2, 0.25) is 5.88 Å². The second-order valence-corrected chi connectivity index (χ2v) is 9.04. The van der Waals surface area contributed by atoms with E-state index in [1.54, 1.807) is 19.1 Å². The first-order valence-corrected chi connectivity index (χ1v) is 11.3. The van der Waals surface area contributed by atoms with Crippen LogP contribution in [-0.4, -0.2) is 44.1 Å². The highest BCUT2D eigenvalue weighted by Crippen LogP contribution is 2.25. The zero-order chi connectivity index (χ0) is 25.8. The van der Waals surface area contributed by atoms with Crippen LogP contribution in [0.15, 0.2) is 54.6 Å². The molecule has 0 aliphatic heterocycles. The lowest BCUT2D eigenvalue weighted by molar-refractivity contribution is -0.137. The molecular formula is C26H30FN3O5. The number of carboxylic acid groups (broad SMARTS) is 1. The topological polar surface area (TPSA) is 114 Å². The molecule has 0 bridgehead atoms. The zero-order valence-corrected chi connectivity index (χ0v) is 20.2. The number of amides is 1. The maximum Gasteiger partial charge on any atom is 0.305 e. The summed E-state index contributed by atoms with van der Waals surface area (Å²) in [5.74, 6) is -2.01. The Morgan fingerprint density at radius 1 is 1.17 bits per heavy atom. The van der Waals surface area contributed by atoms with Gasteiger partial charge in [-0.25, -0.2) is 9.07 Å². The number of carbonyl (C=O) groups is 2. The molecule has 3 aromatic rings. The average Bonchev–Trinajstić information content (AvgIpc) is 3.22. The van der Waals surface area contributed by atoms with Crippen LogP contribution in [0.25, 0.3) is 5.69 Å². The van der Waals surface area contributed by atoms with Crippen LogP contribution in [0.3, 0.4) is 0 Å². The molecule has 3 N–H and O–H groups in total. The van der Waals surface area contributed by atoms with E-state index in [9.17, 15) is 24.2 Å². The van der Waals surface area contributed by atoms with Gasteiger partial charge in [0.05, 0.1) is 23.8 Å². The van der Waals surface area contributed by atoms with Crippen molar-refractivity contribution in [3.8, 4) is 11.6 Å². The number of aliphatic carboxylic acids is 1. The standard InChI is InChI=1S/C26H30FN3O5/c1-16(2)26(4,34)15-35-23-13-22(29-30(23)19-11-9-18(27)10-12-19)25(33)28-21(14-24(31)32)20-8-6-5-7-17(20)3/h5-13,16,21,34H,14-15H2,1-4H3,(H,28,33)(H,31,32). The molecule has 0 aliphatic rings. The van der Waals surface area contributed by atoms with Gasteiger partial charge >= 0.3 is 5.97 Å². The van der Waals surface area contributed by atoms with Gasteiger partial charge in [0.1, 0.15) is 12.4 Å². The van der Waals surface area contributed by atoms with Crippen molar-refractivity contribution >= 4 is 11.9 Å². The number of hydrogen-bond acceptors (Lipinski definition) is 5. The molecular weight excluding hydrogens is 453 g/mol. The lowest BCUT2D eigenvalue weighted by Gasteiger charge is -2.27. The van der Waals surface area contributed by atoms with Crippen molar-refractivity contribution in [3.05, 3.63) is 77.2 Å². The summed E-state index contributed by atoms with van der Waals surface area (Å²) in [6.07, 6.45) is -0.310. The van der Waals surface area contributed by atoms with E-state index in [0.29, 0.717) is 11.3 Å². The van der Waals surface area contributed by atoms with Gasteiger partial charge in [-0.15, -0.1) is 0 Å². The molecule has 9 heteroatoms. The summed E-state index contributed by atoms with van der Waals surface area (Å²) in [5.41, 5.74) is 0.821. The molecule has 0 aliphatic carbocycles. The minimum atomic E-state index is -1.14. The second-order valence-electron chi connectivity index (χ2n) is 9.04. The number of benzene rings is 2. The van der Waals surface area contributed by atoms with Gasteiger partial charge in [-0.2, -0.15) is 5.10 Å². The third-order valence-corrected chi connectivity index (χ3v) is 5.98. The Balaban J connectivity index is 1.93. The van der Waals surface area contributed by atoms with Crippen molar-refractivity contribution in [2.75, 3.05) is 6.61 Å². The molecule has 1 heterocycles. The highest BCUT2D eigenvalue weighted by atomic mass is 19.1. The van der Waals surface area contributed by atoms with Crippen LogP contribution in [0.5, 0.6) is 5.88 Å². The minimum absolute atomic E-state index is 0.0162. The van der Waals surface area contributed by atoms with E-state index in [0.717, 1.165) is 5.56 Å². The Hall–Kier alpha value is -3.72. The van der Waals surface area contributed by atoms with Gasteiger partial charge in [-0.05, 0) is 55.2 Å². The van der Waals surface area contributed by atoms with Crippen molar-refractivity contribution in [2.45, 2.75) is 45.8 Å². The van der Waals surface area contributed by atoms with Crippen LogP contribution in [0.1, 0.15) is 54.8 Å². The number of ether oxygens (including phenoxy) is 1. The molecule has 0 spiro atoms. The summed E-state index contributed by atoms with van der Waals surface area (Å²) in [4.78, 5) is 24.6. The van der Waals surface area contributed by atoms with Gasteiger partial charge in [0.15, 0.2) is 5.69 Å². The van der Waals surface area contributed by atoms with Gasteiger partial charge in [0.25, 0.3) is 5.91 Å². The molecule has 0 fully saturated rings. The van der Waals surface area contributed by atoms with Crippen LogP contribution < -0.4 is 10.1 Å². The van der Waals surface area contributed by atoms with E-state index >= 15 is 0 Å². The zero-order valence-electron chi connectivity index (χ0n) is 20.2. The maximum absolute atomic E-state index is 13.5. The molecule has 8 nitrogen and oxygen atoms in total. The van der Waals surface area contributed by atoms with E-state index in [1.165, 1.54) is 35.0 Å². The first-order chi connectivity index (χ1) is 16.5. The van der Waals surface area contributed by atoms with Gasteiger partial charge in [-0.1, -0.05) is 38.1 Å². The predicted molar refractivity (Wildman–Crippen MR) is 128 cm³/mol. The second kappa shape index (κ2) is 10.7. The summed E-state index contributed by atoms with van der Waals surface area (Å²) >= 11 is 0. The summed E-state index contributed by atoms with van der Waals surface area (Å²) < 4.78 is 20.6. The molecule has 1 amide bonds. The van der Waals surface area contributed by atoms with Crippen LogP contribution >= 0.6 is 0 Å². The number of halogens is 1. The Morgan fingerprint density at radius 2 is 1.83 bits per heavy atom. The largest absolute Gasteiger partial charge is 0.481 e. The van der Waals surface area contributed by atoms with Gasteiger partial charge in [-0.3, -0.25) is 9.59 Å². The number of nitrogens with zero attached hydrogens (tertiary/aromatic N) is 2. The molecule has 3 rings (SSSR count). The van der Waals surface area contributed by atoms with Crippen molar-refractivity contribution in [1.29, 1.82) is 0 Å². The number of carbonyl (C=O) groups excluding carboxylic acids is 1. The van der Waals surface area contributed by atoms with E-state index in [4.69, 9.17) is 4.74 Å². The summed E-state index contributed by atoms with van der Waals surface area (Å²) in [6, 6.07) is 13.3. The third-order valence-electron chi connectivity index (χ3n) is 5.98. The van der Waals surface area contributed by atoms with E-state index in [2.05, 4.69) is 10.4 Å². The Kier molecular flexibility index (Phi) is 7.91. The normalized spacial score (nSPS) is 13.8. The van der Waals surface area contributed by atoms with Crippen LogP contribution in [0, 0.1) is 18.7 Å². The van der Waals surface area contributed by atoms with Crippen molar-refractivity contribution in [2.24, 2.45) is 5.92 Å². The van der Waals surface area contributed by atoms with Crippen LogP contribution in [0.4, 0.5) is 4.39 Å². The third kappa shape index (κ3) is 6.45. The van der Waals surface area contributed by atoms with Crippen molar-refractivity contribution < 1.29 is 28.9 Å². The molecule has 0 saturated heterocycles. The molecule has 0 radical (unpaired) electrons. The first kappa shape index (κ1) is 25.9. The van der Waals surface area contributed by atoms with Gasteiger partial charge in [0, 0.05) is 6.07 Å². The molecule has 1 aromatic heterocycles. The summed E-state index contributed by atoms with van der Waals surface area (Å²) in [5, 5.41) is 27.1. The van der Waals surface area contributed by atoms with E-state index in [-0.39, 0.29) is 30.5 Å². The van der Waals surface area contributed by atoms with Crippen LogP contribution in [-0.2, 0) is 4.79 Å². The predicted octanol–water partition coefficient (Wildman–Crippen LogP) is 4.05. The van der Waals surface area contributed by atoms with Gasteiger partial charge < -0.3 is 20.3 Å². The molecule has 35 heavy (non-hydrogen) atoms. The maximum atomic E-state index is 13.5. The summed E-state index contributed by atoms with van der Waals surface area (Å²) in [6.45, 7) is 7.12. The molecule has 186 valence electrons. The van der Waals surface area contributed by atoms with E-state index in [1.807, 2.05) is 32.9 Å². The number of carboxylic acids is 1. The number of rotatable bonds is 10. The van der Waals surface area contributed by atoms with Crippen molar-refractivity contribution in [1.82, 2.24) is 15.1 Å². The Morgan fingerprint density at radius 3 is 2.43 bits per heavy atom. The highest BCUT2D eigenvalue weighted by Gasteiger charge is 2.28. The van der Waals surface area contributed by atoms with E-state index < -0.39 is 29.3 Å². The highest BCUT2D eigenvalue weighted by molar-refractivity contribution is 5.93. The fourth-order valence-electron chi connectivity index (χ4n) is 3.36. The SMILES string of the molecule is Cc1ccccc1C(CC(=O)O)NC(=O)c1cc(OCC(C)(O)C(C)C)n(-c2ccc(F)cc2)n1. The van der Waals surface area contributed by atoms with Crippen LogP contribution in [0.2, 0.25) is 0 Å². The number of hydrogen-bond donors (Lipinski definition) is 3. The summed E-state index contributed by atoms with van der Waals surface area (Å²) in [7, 11) is 0. The monoisotopic (exact) mass is 483 g/mol. The molecule has 0 saturated carbocycles. The number of aryl methyl sites for hydroxylation is 1. The molecule has 2 aromatic carbocycles. The quantitative estimate of drug-likeness (QED) is 0.401. The fraction of sp³-hybridized carbons (Fsp3) is 0.346. The number of aliphatic hydroxyl groups is 1. The van der Waals surface area contributed by atoms with Crippen molar-refractivity contribution in [3.63, 3.8) is 0 Å². The molecule has 2 atom stereocenters. The lowest BCUT2D eigenvalue weighted by Crippen LogP contribution is -2.38. The first-order valence-electron chi connectivity index (χ1n) is 11.3.